The number of nitrogens with two attached hydrogens (primary N) is 1. The van der Waals surface area contributed by atoms with Crippen molar-refractivity contribution in [3.63, 3.8) is 0 Å². The van der Waals surface area contributed by atoms with Gasteiger partial charge in [-0.25, -0.2) is 0 Å². The Kier molecular flexibility index (Phi) is 9.05. The molecule has 0 amide bonds. The van der Waals surface area contributed by atoms with Gasteiger partial charge >= 0.3 is 0 Å². The summed E-state index contributed by atoms with van der Waals surface area (Å²) in [6.07, 6.45) is 4.28. The van der Waals surface area contributed by atoms with Gasteiger partial charge in [0, 0.05) is 0 Å². The van der Waals surface area contributed by atoms with E-state index in [9.17, 15) is 0 Å². The highest BCUT2D eigenvalue weighted by Crippen LogP contribution is 2.11. The number of hydrogen-bond donors (Lipinski definition) is 1. The monoisotopic (exact) mass is 267 g/mol. The first-order valence-corrected chi connectivity index (χ1v) is 7.69. The second-order valence-corrected chi connectivity index (χ2v) is 6.84. The van der Waals surface area contributed by atoms with Crippen LogP contribution in [0.3, 0.4) is 0 Å². The van der Waals surface area contributed by atoms with Crippen molar-refractivity contribution in [1.82, 2.24) is 4.90 Å². The van der Waals surface area contributed by atoms with E-state index in [2.05, 4.69) is 38.7 Å². The third-order valence-corrected chi connectivity index (χ3v) is 3.47. The fourth-order valence-electron chi connectivity index (χ4n) is 1.94. The first-order valence-electron chi connectivity index (χ1n) is 7.69. The third-order valence-electron chi connectivity index (χ3n) is 3.47. The van der Waals surface area contributed by atoms with E-state index in [4.69, 9.17) is 11.0 Å². The first kappa shape index (κ1) is 18.4. The number of nitrogens with zero attached hydrogens (tertiary/aromatic N) is 2. The molecule has 0 aliphatic heterocycles. The van der Waals surface area contributed by atoms with Crippen LogP contribution < -0.4 is 5.73 Å². The van der Waals surface area contributed by atoms with E-state index in [1.54, 1.807) is 0 Å². The summed E-state index contributed by atoms with van der Waals surface area (Å²) in [5, 5.41) is 8.92. The van der Waals surface area contributed by atoms with Gasteiger partial charge in [-0.2, -0.15) is 5.26 Å². The summed E-state index contributed by atoms with van der Waals surface area (Å²) in [7, 11) is 0. The molecule has 112 valence electrons. The van der Waals surface area contributed by atoms with Gasteiger partial charge in [-0.05, 0) is 64.1 Å². The molecule has 0 saturated heterocycles. The summed E-state index contributed by atoms with van der Waals surface area (Å²) in [6, 6.07) is 2.17. The topological polar surface area (TPSA) is 53.0 Å². The summed E-state index contributed by atoms with van der Waals surface area (Å²) >= 11 is 0. The average molecular weight is 267 g/mol. The molecule has 0 aromatic heterocycles. The SMILES string of the molecule is CC(C)CCN(CCCC(C)(N)C#N)CCC(C)C. The maximum absolute atomic E-state index is 8.92. The highest BCUT2D eigenvalue weighted by Gasteiger charge is 2.17. The van der Waals surface area contributed by atoms with Crippen molar-refractivity contribution in [2.75, 3.05) is 19.6 Å². The molecule has 0 spiro atoms. The van der Waals surface area contributed by atoms with Crippen LogP contribution in [0.5, 0.6) is 0 Å². The Morgan fingerprint density at radius 2 is 1.53 bits per heavy atom. The zero-order valence-corrected chi connectivity index (χ0v) is 13.6. The van der Waals surface area contributed by atoms with Crippen molar-refractivity contribution in [1.29, 1.82) is 5.26 Å². The van der Waals surface area contributed by atoms with Crippen LogP contribution in [0.15, 0.2) is 0 Å². The number of rotatable bonds is 10. The second-order valence-electron chi connectivity index (χ2n) is 6.84. The zero-order chi connectivity index (χ0) is 14.9. The van der Waals surface area contributed by atoms with E-state index in [1.165, 1.54) is 12.8 Å². The normalized spacial score (nSPS) is 14.9. The van der Waals surface area contributed by atoms with Crippen LogP contribution in [0.4, 0.5) is 0 Å². The molecule has 2 N–H and O–H groups in total. The molecule has 1 atom stereocenters. The predicted molar refractivity (Wildman–Crippen MR) is 82.8 cm³/mol. The molecule has 0 bridgehead atoms. The van der Waals surface area contributed by atoms with Crippen LogP contribution in [0.25, 0.3) is 0 Å². The van der Waals surface area contributed by atoms with Gasteiger partial charge in [-0.15, -0.1) is 0 Å². The minimum Gasteiger partial charge on any atom is -0.314 e. The molecule has 0 saturated carbocycles. The Balaban J connectivity index is 4.07. The van der Waals surface area contributed by atoms with E-state index in [1.807, 2.05) is 6.92 Å². The zero-order valence-electron chi connectivity index (χ0n) is 13.6. The van der Waals surface area contributed by atoms with Crippen LogP contribution in [0.1, 0.15) is 60.3 Å². The molecule has 0 rings (SSSR count). The maximum Gasteiger partial charge on any atom is 0.101 e. The van der Waals surface area contributed by atoms with Crippen molar-refractivity contribution in [2.24, 2.45) is 17.6 Å². The van der Waals surface area contributed by atoms with Crippen LogP contribution in [0.2, 0.25) is 0 Å². The summed E-state index contributed by atoms with van der Waals surface area (Å²) < 4.78 is 0. The molecule has 0 fully saturated rings. The van der Waals surface area contributed by atoms with Crippen molar-refractivity contribution in [2.45, 2.75) is 65.8 Å². The molecule has 3 heteroatoms. The Labute approximate surface area is 120 Å². The maximum atomic E-state index is 8.92. The molecule has 3 nitrogen and oxygen atoms in total. The number of hydrogen-bond acceptors (Lipinski definition) is 3. The summed E-state index contributed by atoms with van der Waals surface area (Å²) in [5.41, 5.74) is 5.20. The van der Waals surface area contributed by atoms with Gasteiger partial charge in [0.2, 0.25) is 0 Å². The lowest BCUT2D eigenvalue weighted by Gasteiger charge is -2.25. The van der Waals surface area contributed by atoms with Crippen LogP contribution in [-0.4, -0.2) is 30.1 Å². The van der Waals surface area contributed by atoms with Crippen molar-refractivity contribution < 1.29 is 0 Å². The van der Waals surface area contributed by atoms with E-state index in [0.29, 0.717) is 0 Å². The highest BCUT2D eigenvalue weighted by atomic mass is 15.1. The van der Waals surface area contributed by atoms with Crippen LogP contribution in [-0.2, 0) is 0 Å². The molecule has 0 aliphatic rings. The molecule has 0 heterocycles. The van der Waals surface area contributed by atoms with Gasteiger partial charge in [0.1, 0.15) is 5.54 Å². The second kappa shape index (κ2) is 9.34. The van der Waals surface area contributed by atoms with E-state index in [0.717, 1.165) is 44.3 Å². The smallest absolute Gasteiger partial charge is 0.101 e. The fourth-order valence-corrected chi connectivity index (χ4v) is 1.94. The van der Waals surface area contributed by atoms with Gasteiger partial charge in [0.25, 0.3) is 0 Å². The quantitative estimate of drug-likeness (QED) is 0.660. The van der Waals surface area contributed by atoms with Crippen molar-refractivity contribution >= 4 is 0 Å². The molecule has 1 unspecified atom stereocenters. The van der Waals surface area contributed by atoms with Gasteiger partial charge in [0.15, 0.2) is 0 Å². The largest absolute Gasteiger partial charge is 0.314 e. The van der Waals surface area contributed by atoms with Gasteiger partial charge < -0.3 is 10.6 Å². The Hall–Kier alpha value is -0.590. The van der Waals surface area contributed by atoms with Crippen LogP contribution >= 0.6 is 0 Å². The van der Waals surface area contributed by atoms with E-state index in [-0.39, 0.29) is 0 Å². The van der Waals surface area contributed by atoms with E-state index < -0.39 is 5.54 Å². The minimum atomic E-state index is -0.665. The lowest BCUT2D eigenvalue weighted by atomic mass is 9.99. The van der Waals surface area contributed by atoms with Gasteiger partial charge in [0.05, 0.1) is 6.07 Å². The Morgan fingerprint density at radius 1 is 1.05 bits per heavy atom. The number of nitriles is 1. The van der Waals surface area contributed by atoms with Gasteiger partial charge in [-0.1, -0.05) is 27.7 Å². The predicted octanol–water partition coefficient (Wildman–Crippen LogP) is 3.40. The first-order chi connectivity index (χ1) is 8.76. The van der Waals surface area contributed by atoms with Crippen molar-refractivity contribution in [3.05, 3.63) is 0 Å². The van der Waals surface area contributed by atoms with Crippen LogP contribution in [0, 0.1) is 23.2 Å². The minimum absolute atomic E-state index is 0.665. The standard InChI is InChI=1S/C16H33N3/c1-14(2)7-11-19(12-8-15(3)4)10-6-9-16(5,18)13-17/h14-15H,6-12,18H2,1-5H3. The molecule has 0 aliphatic carbocycles. The third kappa shape index (κ3) is 11.0. The molecule has 19 heavy (non-hydrogen) atoms. The summed E-state index contributed by atoms with van der Waals surface area (Å²) in [5.74, 6) is 1.50. The molecular formula is C16H33N3. The fraction of sp³-hybridized carbons (Fsp3) is 0.938. The molecule has 0 radical (unpaired) electrons. The Morgan fingerprint density at radius 3 is 1.89 bits per heavy atom. The lowest BCUT2D eigenvalue weighted by Crippen LogP contribution is -2.36. The highest BCUT2D eigenvalue weighted by molar-refractivity contribution is 5.00. The van der Waals surface area contributed by atoms with Gasteiger partial charge in [-0.3, -0.25) is 0 Å². The lowest BCUT2D eigenvalue weighted by molar-refractivity contribution is 0.235. The van der Waals surface area contributed by atoms with E-state index >= 15 is 0 Å². The summed E-state index contributed by atoms with van der Waals surface area (Å²) in [4.78, 5) is 2.54. The van der Waals surface area contributed by atoms with Crippen molar-refractivity contribution in [3.8, 4) is 6.07 Å². The molecule has 0 aromatic rings. The summed E-state index contributed by atoms with van der Waals surface area (Å²) in [6.45, 7) is 14.3. The average Bonchev–Trinajstić information content (AvgIpc) is 2.31. The molecule has 0 aromatic carbocycles. The Bertz CT molecular complexity index is 252. The molecular weight excluding hydrogens is 234 g/mol.